The number of ether oxygens (including phenoxy) is 2. The number of rotatable bonds is 4. The molecule has 1 aromatic rings. The van der Waals surface area contributed by atoms with Gasteiger partial charge in [0.05, 0.1) is 13.2 Å². The zero-order valence-corrected chi connectivity index (χ0v) is 12.4. The summed E-state index contributed by atoms with van der Waals surface area (Å²) in [6.07, 6.45) is 3.51. The summed E-state index contributed by atoms with van der Waals surface area (Å²) in [5, 5.41) is 10.7. The van der Waals surface area contributed by atoms with Gasteiger partial charge in [0.15, 0.2) is 0 Å². The second-order valence-electron chi connectivity index (χ2n) is 6.23. The largest absolute Gasteiger partial charge is 0.490 e. The summed E-state index contributed by atoms with van der Waals surface area (Å²) < 4.78 is 37.2. The molecule has 1 saturated carbocycles. The van der Waals surface area contributed by atoms with Crippen LogP contribution < -0.4 is 4.74 Å². The molecule has 0 aromatic heterocycles. The monoisotopic (exact) mass is 313 g/mol. The minimum absolute atomic E-state index is 0.0564. The van der Waals surface area contributed by atoms with Crippen molar-refractivity contribution in [3.63, 3.8) is 0 Å². The van der Waals surface area contributed by atoms with Crippen molar-refractivity contribution < 1.29 is 23.4 Å². The zero-order chi connectivity index (χ0) is 15.6. The van der Waals surface area contributed by atoms with E-state index >= 15 is 0 Å². The Labute approximate surface area is 128 Å². The maximum Gasteiger partial charge on any atom is 0.134 e. The van der Waals surface area contributed by atoms with Gasteiger partial charge in [-0.2, -0.15) is 0 Å². The SMILES string of the molecule is OC1(COc2cc(F)cc(F)c2)COCCN(C2CCC2)C1. The Morgan fingerprint density at radius 1 is 1.27 bits per heavy atom. The van der Waals surface area contributed by atoms with Crippen LogP contribution in [0, 0.1) is 11.6 Å². The molecule has 4 nitrogen and oxygen atoms in total. The first kappa shape index (κ1) is 15.6. The van der Waals surface area contributed by atoms with Gasteiger partial charge < -0.3 is 14.6 Å². The lowest BCUT2D eigenvalue weighted by Gasteiger charge is -2.39. The molecule has 0 spiro atoms. The molecule has 0 radical (unpaired) electrons. The van der Waals surface area contributed by atoms with E-state index in [1.54, 1.807) is 0 Å². The molecule has 22 heavy (non-hydrogen) atoms. The summed E-state index contributed by atoms with van der Waals surface area (Å²) in [6, 6.07) is 3.50. The number of aliphatic hydroxyl groups is 1. The van der Waals surface area contributed by atoms with Gasteiger partial charge in [0.2, 0.25) is 0 Å². The fraction of sp³-hybridized carbons (Fsp3) is 0.625. The molecule has 1 saturated heterocycles. The van der Waals surface area contributed by atoms with Gasteiger partial charge >= 0.3 is 0 Å². The highest BCUT2D eigenvalue weighted by molar-refractivity contribution is 5.24. The van der Waals surface area contributed by atoms with E-state index in [-0.39, 0.29) is 19.0 Å². The molecule has 3 rings (SSSR count). The number of benzene rings is 1. The highest BCUT2D eigenvalue weighted by Crippen LogP contribution is 2.27. The van der Waals surface area contributed by atoms with Gasteiger partial charge in [0.25, 0.3) is 0 Å². The minimum Gasteiger partial charge on any atom is -0.490 e. The van der Waals surface area contributed by atoms with Crippen molar-refractivity contribution in [2.75, 3.05) is 32.9 Å². The van der Waals surface area contributed by atoms with Crippen LogP contribution in [0.15, 0.2) is 18.2 Å². The summed E-state index contributed by atoms with van der Waals surface area (Å²) in [6.45, 7) is 1.93. The maximum atomic E-state index is 13.2. The van der Waals surface area contributed by atoms with Crippen LogP contribution in [-0.2, 0) is 4.74 Å². The van der Waals surface area contributed by atoms with E-state index in [1.165, 1.54) is 6.42 Å². The van der Waals surface area contributed by atoms with Crippen LogP contribution >= 0.6 is 0 Å². The second-order valence-corrected chi connectivity index (χ2v) is 6.23. The molecule has 1 aromatic carbocycles. The van der Waals surface area contributed by atoms with E-state index in [9.17, 15) is 13.9 Å². The first-order chi connectivity index (χ1) is 10.5. The highest BCUT2D eigenvalue weighted by Gasteiger charge is 2.37. The molecule has 1 N–H and O–H groups in total. The molecule has 1 aliphatic carbocycles. The molecule has 122 valence electrons. The smallest absolute Gasteiger partial charge is 0.134 e. The summed E-state index contributed by atoms with van der Waals surface area (Å²) in [7, 11) is 0. The Balaban J connectivity index is 1.63. The quantitative estimate of drug-likeness (QED) is 0.923. The molecular weight excluding hydrogens is 292 g/mol. The number of nitrogens with zero attached hydrogens (tertiary/aromatic N) is 1. The topological polar surface area (TPSA) is 41.9 Å². The number of hydrogen-bond acceptors (Lipinski definition) is 4. The Hall–Kier alpha value is -1.24. The third kappa shape index (κ3) is 3.74. The molecule has 1 heterocycles. The molecule has 0 amide bonds. The molecule has 0 bridgehead atoms. The highest BCUT2D eigenvalue weighted by atomic mass is 19.1. The van der Waals surface area contributed by atoms with Crippen molar-refractivity contribution in [2.24, 2.45) is 0 Å². The third-order valence-electron chi connectivity index (χ3n) is 4.33. The Morgan fingerprint density at radius 3 is 2.64 bits per heavy atom. The van der Waals surface area contributed by atoms with Gasteiger partial charge in [-0.05, 0) is 12.8 Å². The second kappa shape index (κ2) is 6.48. The van der Waals surface area contributed by atoms with Crippen LogP contribution in [-0.4, -0.2) is 54.6 Å². The lowest BCUT2D eigenvalue weighted by molar-refractivity contribution is -0.0699. The van der Waals surface area contributed by atoms with Gasteiger partial charge in [0.1, 0.15) is 29.6 Å². The predicted octanol–water partition coefficient (Wildman–Crippen LogP) is 1.96. The lowest BCUT2D eigenvalue weighted by atomic mass is 9.90. The fourth-order valence-corrected chi connectivity index (χ4v) is 2.93. The van der Waals surface area contributed by atoms with E-state index in [4.69, 9.17) is 9.47 Å². The molecule has 1 unspecified atom stereocenters. The Bertz CT molecular complexity index is 504. The molecule has 6 heteroatoms. The van der Waals surface area contributed by atoms with Crippen LogP contribution in [0.1, 0.15) is 19.3 Å². The third-order valence-corrected chi connectivity index (χ3v) is 4.33. The van der Waals surface area contributed by atoms with E-state index < -0.39 is 17.2 Å². The van der Waals surface area contributed by atoms with Gasteiger partial charge in [-0.1, -0.05) is 6.42 Å². The van der Waals surface area contributed by atoms with Crippen LogP contribution in [0.2, 0.25) is 0 Å². The number of halogens is 2. The van der Waals surface area contributed by atoms with Crippen LogP contribution in [0.25, 0.3) is 0 Å². The minimum atomic E-state index is -1.17. The summed E-state index contributed by atoms with van der Waals surface area (Å²) in [5.74, 6) is -1.32. The molecule has 2 fully saturated rings. The first-order valence-electron chi connectivity index (χ1n) is 7.67. The Kier molecular flexibility index (Phi) is 4.61. The van der Waals surface area contributed by atoms with Gasteiger partial charge in [0, 0.05) is 37.3 Å². The fourth-order valence-electron chi connectivity index (χ4n) is 2.93. The standard InChI is InChI=1S/C16H21F2NO3/c17-12-6-13(18)8-15(7-12)22-11-16(20)9-19(4-5-21-10-16)14-2-1-3-14/h6-8,14,20H,1-5,9-11H2. The predicted molar refractivity (Wildman–Crippen MR) is 76.8 cm³/mol. The van der Waals surface area contributed by atoms with Crippen molar-refractivity contribution in [3.05, 3.63) is 29.8 Å². The van der Waals surface area contributed by atoms with E-state index in [0.29, 0.717) is 19.2 Å². The van der Waals surface area contributed by atoms with Gasteiger partial charge in [-0.3, -0.25) is 4.90 Å². The van der Waals surface area contributed by atoms with Crippen molar-refractivity contribution in [1.29, 1.82) is 0 Å². The summed E-state index contributed by atoms with van der Waals surface area (Å²) in [4.78, 5) is 2.23. The lowest BCUT2D eigenvalue weighted by Crippen LogP contribution is -2.52. The van der Waals surface area contributed by atoms with Gasteiger partial charge in [-0.25, -0.2) is 8.78 Å². The maximum absolute atomic E-state index is 13.2. The molecule has 2 aliphatic rings. The number of hydrogen-bond donors (Lipinski definition) is 1. The zero-order valence-electron chi connectivity index (χ0n) is 12.4. The van der Waals surface area contributed by atoms with E-state index in [0.717, 1.165) is 37.6 Å². The van der Waals surface area contributed by atoms with Crippen molar-refractivity contribution >= 4 is 0 Å². The average molecular weight is 313 g/mol. The van der Waals surface area contributed by atoms with Crippen molar-refractivity contribution in [1.82, 2.24) is 4.90 Å². The average Bonchev–Trinajstić information content (AvgIpc) is 2.56. The first-order valence-corrected chi connectivity index (χ1v) is 7.67. The molecule has 1 aliphatic heterocycles. The van der Waals surface area contributed by atoms with Crippen LogP contribution in [0.4, 0.5) is 8.78 Å². The number of β-amino-alcohol motifs (C(OH)–C–C–N with tert-alkyl or cyclic N) is 1. The summed E-state index contributed by atoms with van der Waals surface area (Å²) in [5.41, 5.74) is -1.17. The molecular formula is C16H21F2NO3. The van der Waals surface area contributed by atoms with E-state index in [1.807, 2.05) is 0 Å². The van der Waals surface area contributed by atoms with Gasteiger partial charge in [-0.15, -0.1) is 0 Å². The van der Waals surface area contributed by atoms with E-state index in [2.05, 4.69) is 4.90 Å². The normalized spacial score (nSPS) is 27.2. The molecule has 1 atom stereocenters. The van der Waals surface area contributed by atoms with Crippen LogP contribution in [0.3, 0.4) is 0 Å². The summed E-state index contributed by atoms with van der Waals surface area (Å²) >= 11 is 0. The van der Waals surface area contributed by atoms with Crippen molar-refractivity contribution in [3.8, 4) is 5.75 Å². The Morgan fingerprint density at radius 2 is 2.00 bits per heavy atom. The van der Waals surface area contributed by atoms with Crippen molar-refractivity contribution in [2.45, 2.75) is 30.9 Å². The van der Waals surface area contributed by atoms with Crippen LogP contribution in [0.5, 0.6) is 5.75 Å².